The molecule has 3 heteroatoms. The number of aromatic nitrogens is 2. The molecule has 0 amide bonds. The van der Waals surface area contributed by atoms with E-state index in [1.165, 1.54) is 77.0 Å². The molecule has 3 nitrogen and oxygen atoms in total. The lowest BCUT2D eigenvalue weighted by molar-refractivity contribution is 0.254. The SMILES string of the molecule is CCCCCCCC(C)(CCCCCC)c1ncno1. The van der Waals surface area contributed by atoms with Gasteiger partial charge in [0, 0.05) is 5.41 Å². The smallest absolute Gasteiger partial charge is 0.232 e. The van der Waals surface area contributed by atoms with Crippen molar-refractivity contribution < 1.29 is 4.52 Å². The molecule has 1 rings (SSSR count). The standard InChI is InChI=1S/C17H32N2O/c1-4-6-8-10-12-14-17(3,13-11-9-7-5-2)16-18-15-19-20-16/h15H,4-14H2,1-3H3. The molecule has 0 spiro atoms. The minimum atomic E-state index is 0.0798. The molecule has 1 aromatic heterocycles. The van der Waals surface area contributed by atoms with Crippen LogP contribution in [0.3, 0.4) is 0 Å². The van der Waals surface area contributed by atoms with Gasteiger partial charge in [-0.2, -0.15) is 4.98 Å². The molecule has 0 bridgehead atoms. The number of rotatable bonds is 12. The molecule has 1 aromatic rings. The van der Waals surface area contributed by atoms with Crippen molar-refractivity contribution in [2.45, 2.75) is 96.8 Å². The van der Waals surface area contributed by atoms with Gasteiger partial charge in [0.15, 0.2) is 6.33 Å². The first kappa shape index (κ1) is 17.2. The van der Waals surface area contributed by atoms with Gasteiger partial charge in [-0.05, 0) is 12.8 Å². The van der Waals surface area contributed by atoms with E-state index in [1.807, 2.05) is 0 Å². The first-order valence-corrected chi connectivity index (χ1v) is 8.50. The molecule has 0 fully saturated rings. The second kappa shape index (κ2) is 9.95. The van der Waals surface area contributed by atoms with E-state index in [0.29, 0.717) is 0 Å². The largest absolute Gasteiger partial charge is 0.339 e. The van der Waals surface area contributed by atoms with Gasteiger partial charge in [0.2, 0.25) is 5.89 Å². The molecule has 0 aliphatic rings. The molecule has 0 N–H and O–H groups in total. The summed E-state index contributed by atoms with van der Waals surface area (Å²) < 4.78 is 5.37. The molecular weight excluding hydrogens is 248 g/mol. The van der Waals surface area contributed by atoms with Gasteiger partial charge in [0.05, 0.1) is 0 Å². The zero-order valence-electron chi connectivity index (χ0n) is 13.7. The summed E-state index contributed by atoms with van der Waals surface area (Å²) in [5.41, 5.74) is 0.0798. The summed E-state index contributed by atoms with van der Waals surface area (Å²) in [6.45, 7) is 6.81. The lowest BCUT2D eigenvalue weighted by Crippen LogP contribution is -2.22. The second-order valence-electron chi connectivity index (χ2n) is 6.28. The quantitative estimate of drug-likeness (QED) is 0.464. The van der Waals surface area contributed by atoms with Crippen LogP contribution in [0.4, 0.5) is 0 Å². The predicted octanol–water partition coefficient (Wildman–Crippen LogP) is 5.66. The molecular formula is C17H32N2O. The van der Waals surface area contributed by atoms with Crippen molar-refractivity contribution in [2.24, 2.45) is 0 Å². The van der Waals surface area contributed by atoms with Crippen LogP contribution in [0.2, 0.25) is 0 Å². The molecule has 0 radical (unpaired) electrons. The minimum absolute atomic E-state index is 0.0798. The highest BCUT2D eigenvalue weighted by atomic mass is 16.5. The van der Waals surface area contributed by atoms with Crippen LogP contribution in [-0.2, 0) is 5.41 Å². The van der Waals surface area contributed by atoms with Crippen molar-refractivity contribution in [2.75, 3.05) is 0 Å². The van der Waals surface area contributed by atoms with E-state index in [0.717, 1.165) is 5.89 Å². The van der Waals surface area contributed by atoms with E-state index in [-0.39, 0.29) is 5.41 Å². The molecule has 1 heterocycles. The van der Waals surface area contributed by atoms with Gasteiger partial charge in [0.25, 0.3) is 0 Å². The van der Waals surface area contributed by atoms with Gasteiger partial charge in [-0.15, -0.1) is 0 Å². The summed E-state index contributed by atoms with van der Waals surface area (Å²) in [6, 6.07) is 0. The maximum atomic E-state index is 5.37. The van der Waals surface area contributed by atoms with E-state index in [9.17, 15) is 0 Å². The average Bonchev–Trinajstić information content (AvgIpc) is 2.98. The highest BCUT2D eigenvalue weighted by molar-refractivity contribution is 5.00. The Kier molecular flexibility index (Phi) is 8.56. The topological polar surface area (TPSA) is 38.9 Å². The van der Waals surface area contributed by atoms with E-state index in [4.69, 9.17) is 4.52 Å². The maximum absolute atomic E-state index is 5.37. The van der Waals surface area contributed by atoms with Gasteiger partial charge in [-0.3, -0.25) is 0 Å². The lowest BCUT2D eigenvalue weighted by Gasteiger charge is -2.25. The molecule has 0 aromatic carbocycles. The summed E-state index contributed by atoms with van der Waals surface area (Å²) in [5.74, 6) is 0.837. The Morgan fingerprint density at radius 3 is 1.95 bits per heavy atom. The molecule has 0 saturated carbocycles. The Morgan fingerprint density at radius 2 is 1.45 bits per heavy atom. The molecule has 1 atom stereocenters. The first-order chi connectivity index (χ1) is 9.73. The second-order valence-corrected chi connectivity index (χ2v) is 6.28. The van der Waals surface area contributed by atoms with Crippen molar-refractivity contribution in [1.29, 1.82) is 0 Å². The zero-order chi connectivity index (χ0) is 14.7. The average molecular weight is 280 g/mol. The van der Waals surface area contributed by atoms with Crippen molar-refractivity contribution in [3.8, 4) is 0 Å². The number of hydrogen-bond donors (Lipinski definition) is 0. The lowest BCUT2D eigenvalue weighted by atomic mass is 9.79. The van der Waals surface area contributed by atoms with Crippen LogP contribution >= 0.6 is 0 Å². The van der Waals surface area contributed by atoms with Crippen LogP contribution in [-0.4, -0.2) is 10.1 Å². The molecule has 1 unspecified atom stereocenters. The Balaban J connectivity index is 2.43. The molecule has 0 saturated heterocycles. The Morgan fingerprint density at radius 1 is 0.900 bits per heavy atom. The highest BCUT2D eigenvalue weighted by Gasteiger charge is 2.30. The number of nitrogens with zero attached hydrogens (tertiary/aromatic N) is 2. The van der Waals surface area contributed by atoms with Gasteiger partial charge in [-0.25, -0.2) is 0 Å². The van der Waals surface area contributed by atoms with Crippen LogP contribution in [0, 0.1) is 0 Å². The van der Waals surface area contributed by atoms with E-state index >= 15 is 0 Å². The number of hydrogen-bond acceptors (Lipinski definition) is 3. The van der Waals surface area contributed by atoms with E-state index < -0.39 is 0 Å². The molecule has 0 aliphatic carbocycles. The van der Waals surface area contributed by atoms with Crippen molar-refractivity contribution >= 4 is 0 Å². The van der Waals surface area contributed by atoms with Gasteiger partial charge in [0.1, 0.15) is 0 Å². The van der Waals surface area contributed by atoms with Gasteiger partial charge >= 0.3 is 0 Å². The molecule has 20 heavy (non-hydrogen) atoms. The van der Waals surface area contributed by atoms with Crippen molar-refractivity contribution in [1.82, 2.24) is 10.1 Å². The summed E-state index contributed by atoms with van der Waals surface area (Å²) in [5, 5.41) is 3.80. The third-order valence-electron chi connectivity index (χ3n) is 4.29. The highest BCUT2D eigenvalue weighted by Crippen LogP contribution is 2.34. The Labute approximate surface area is 124 Å². The van der Waals surface area contributed by atoms with Gasteiger partial charge in [-0.1, -0.05) is 83.7 Å². The van der Waals surface area contributed by atoms with Crippen LogP contribution in [0.15, 0.2) is 10.9 Å². The van der Waals surface area contributed by atoms with Crippen LogP contribution in [0.25, 0.3) is 0 Å². The molecule has 116 valence electrons. The summed E-state index contributed by atoms with van der Waals surface area (Å²) in [4.78, 5) is 4.32. The summed E-state index contributed by atoms with van der Waals surface area (Å²) >= 11 is 0. The molecule has 0 aliphatic heterocycles. The van der Waals surface area contributed by atoms with Crippen LogP contribution < -0.4 is 0 Å². The fraction of sp³-hybridized carbons (Fsp3) is 0.882. The summed E-state index contributed by atoms with van der Waals surface area (Å²) in [7, 11) is 0. The normalized spacial score (nSPS) is 14.3. The predicted molar refractivity (Wildman–Crippen MR) is 83.8 cm³/mol. The third-order valence-corrected chi connectivity index (χ3v) is 4.29. The monoisotopic (exact) mass is 280 g/mol. The van der Waals surface area contributed by atoms with Crippen molar-refractivity contribution in [3.05, 3.63) is 12.2 Å². The van der Waals surface area contributed by atoms with Crippen LogP contribution in [0.1, 0.15) is 97.3 Å². The minimum Gasteiger partial charge on any atom is -0.339 e. The van der Waals surface area contributed by atoms with Crippen LogP contribution in [0.5, 0.6) is 0 Å². The number of unbranched alkanes of at least 4 members (excludes halogenated alkanes) is 7. The van der Waals surface area contributed by atoms with E-state index in [1.54, 1.807) is 0 Å². The van der Waals surface area contributed by atoms with Crippen molar-refractivity contribution in [3.63, 3.8) is 0 Å². The summed E-state index contributed by atoms with van der Waals surface area (Å²) in [6.07, 6.45) is 15.7. The fourth-order valence-corrected chi connectivity index (χ4v) is 2.84. The van der Waals surface area contributed by atoms with E-state index in [2.05, 4.69) is 30.9 Å². The third kappa shape index (κ3) is 6.06. The Bertz CT molecular complexity index is 324. The first-order valence-electron chi connectivity index (χ1n) is 8.50. The van der Waals surface area contributed by atoms with Gasteiger partial charge < -0.3 is 4.52 Å². The Hall–Kier alpha value is -0.860. The zero-order valence-corrected chi connectivity index (χ0v) is 13.7. The maximum Gasteiger partial charge on any atom is 0.232 e. The fourth-order valence-electron chi connectivity index (χ4n) is 2.84.